The van der Waals surface area contributed by atoms with Crippen LogP contribution in [0.15, 0.2) is 30.3 Å². The van der Waals surface area contributed by atoms with Crippen molar-refractivity contribution in [3.63, 3.8) is 0 Å². The van der Waals surface area contributed by atoms with Crippen LogP contribution in [0, 0.1) is 23.3 Å². The van der Waals surface area contributed by atoms with E-state index >= 15 is 0 Å². The second kappa shape index (κ2) is 10.3. The first kappa shape index (κ1) is 25.5. The molecule has 10 heteroatoms. The van der Waals surface area contributed by atoms with Crippen LogP contribution in [0.25, 0.3) is 11.0 Å². The van der Waals surface area contributed by atoms with Gasteiger partial charge in [0.1, 0.15) is 5.82 Å². The highest BCUT2D eigenvalue weighted by Crippen LogP contribution is 2.40. The van der Waals surface area contributed by atoms with Crippen LogP contribution in [0.1, 0.15) is 62.0 Å². The minimum atomic E-state index is -0.764. The van der Waals surface area contributed by atoms with Crippen LogP contribution in [0.3, 0.4) is 0 Å². The summed E-state index contributed by atoms with van der Waals surface area (Å²) in [4.78, 5) is 30.8. The van der Waals surface area contributed by atoms with Crippen molar-refractivity contribution in [2.45, 2.75) is 64.0 Å². The molecular formula is C28H29FN4O5. The van der Waals surface area contributed by atoms with Gasteiger partial charge in [-0.25, -0.2) is 14.2 Å². The molecule has 1 fully saturated rings. The zero-order valence-corrected chi connectivity index (χ0v) is 21.3. The summed E-state index contributed by atoms with van der Waals surface area (Å²) >= 11 is 0. The lowest BCUT2D eigenvalue weighted by Crippen LogP contribution is -2.42. The number of aliphatic carboxylic acids is 1. The summed E-state index contributed by atoms with van der Waals surface area (Å²) in [6.07, 6.45) is 5.46. The van der Waals surface area contributed by atoms with Crippen LogP contribution in [0.2, 0.25) is 0 Å². The maximum Gasteiger partial charge on any atom is 0.414 e. The summed E-state index contributed by atoms with van der Waals surface area (Å²) in [5.41, 5.74) is 4.12. The van der Waals surface area contributed by atoms with Gasteiger partial charge in [-0.05, 0) is 75.3 Å². The molecule has 5 rings (SSSR count). The van der Waals surface area contributed by atoms with E-state index in [1.807, 2.05) is 19.1 Å². The molecule has 0 bridgehead atoms. The first-order chi connectivity index (χ1) is 18.3. The number of nitrogens with zero attached hydrogens (tertiary/aromatic N) is 4. The van der Waals surface area contributed by atoms with Crippen LogP contribution in [0.4, 0.5) is 14.9 Å². The SMILES string of the molecule is COC(=O)N1c2ccc3c(nc(Cc4ccc(OC#N)c(F)c4)n3C3CCC(C(=O)O)CC3)c2CC[C@@H]1C. The second-order valence-electron chi connectivity index (χ2n) is 10.0. The average molecular weight is 521 g/mol. The molecule has 9 nitrogen and oxygen atoms in total. The maximum atomic E-state index is 14.5. The molecule has 1 N–H and O–H groups in total. The Bertz CT molecular complexity index is 1440. The lowest BCUT2D eigenvalue weighted by atomic mass is 9.85. The van der Waals surface area contributed by atoms with Gasteiger partial charge in [0, 0.05) is 24.1 Å². The van der Waals surface area contributed by atoms with E-state index < -0.39 is 17.9 Å². The maximum absolute atomic E-state index is 14.5. The van der Waals surface area contributed by atoms with E-state index in [0.29, 0.717) is 37.7 Å². The average Bonchev–Trinajstić information content (AvgIpc) is 3.27. The third-order valence-corrected chi connectivity index (χ3v) is 7.82. The molecule has 0 radical (unpaired) electrons. The number of carboxylic acid groups (broad SMARTS) is 1. The predicted octanol–water partition coefficient (Wildman–Crippen LogP) is 5.35. The van der Waals surface area contributed by atoms with E-state index in [2.05, 4.69) is 9.30 Å². The normalized spacial score (nSPS) is 21.0. The Morgan fingerprint density at radius 2 is 1.95 bits per heavy atom. The van der Waals surface area contributed by atoms with Gasteiger partial charge >= 0.3 is 12.1 Å². The van der Waals surface area contributed by atoms with Crippen LogP contribution in [-0.4, -0.2) is 39.9 Å². The Labute approximate surface area is 219 Å². The first-order valence-corrected chi connectivity index (χ1v) is 12.8. The fourth-order valence-electron chi connectivity index (χ4n) is 5.90. The highest BCUT2D eigenvalue weighted by Gasteiger charge is 2.33. The molecule has 1 aromatic heterocycles. The number of halogens is 1. The highest BCUT2D eigenvalue weighted by atomic mass is 19.1. The number of hydrogen-bond acceptors (Lipinski definition) is 6. The molecule has 0 unspecified atom stereocenters. The molecule has 1 aliphatic carbocycles. The summed E-state index contributed by atoms with van der Waals surface area (Å²) in [7, 11) is 1.37. The van der Waals surface area contributed by atoms with Crippen molar-refractivity contribution >= 4 is 28.8 Å². The minimum absolute atomic E-state index is 0.0163. The molecule has 2 aromatic carbocycles. The number of fused-ring (bicyclic) bond motifs is 3. The van der Waals surface area contributed by atoms with Gasteiger partial charge < -0.3 is 19.1 Å². The molecule has 1 aliphatic heterocycles. The summed E-state index contributed by atoms with van der Waals surface area (Å²) in [5.74, 6) is -1.14. The van der Waals surface area contributed by atoms with Gasteiger partial charge in [0.25, 0.3) is 6.26 Å². The molecular weight excluding hydrogens is 491 g/mol. The summed E-state index contributed by atoms with van der Waals surface area (Å²) < 4.78 is 26.4. The summed E-state index contributed by atoms with van der Waals surface area (Å²) in [6, 6.07) is 8.40. The molecule has 2 heterocycles. The quantitative estimate of drug-likeness (QED) is 0.451. The Morgan fingerprint density at radius 1 is 1.18 bits per heavy atom. The Balaban J connectivity index is 1.60. The first-order valence-electron chi connectivity index (χ1n) is 12.8. The van der Waals surface area contributed by atoms with Crippen LogP contribution in [0.5, 0.6) is 5.75 Å². The number of hydrogen-bond donors (Lipinski definition) is 1. The zero-order chi connectivity index (χ0) is 27.0. The summed E-state index contributed by atoms with van der Waals surface area (Å²) in [5, 5.41) is 18.2. The van der Waals surface area contributed by atoms with Crippen molar-refractivity contribution in [1.82, 2.24) is 9.55 Å². The van der Waals surface area contributed by atoms with Crippen molar-refractivity contribution in [2.24, 2.45) is 5.92 Å². The van der Waals surface area contributed by atoms with Gasteiger partial charge in [0.05, 0.1) is 29.7 Å². The number of carbonyl (C=O) groups is 2. The van der Waals surface area contributed by atoms with Gasteiger partial charge in [-0.15, -0.1) is 5.26 Å². The smallest absolute Gasteiger partial charge is 0.414 e. The number of nitriles is 1. The van der Waals surface area contributed by atoms with E-state index in [9.17, 15) is 19.1 Å². The van der Waals surface area contributed by atoms with Gasteiger partial charge in [-0.3, -0.25) is 9.69 Å². The minimum Gasteiger partial charge on any atom is -0.481 e. The van der Waals surface area contributed by atoms with Crippen LogP contribution < -0.4 is 9.64 Å². The Kier molecular flexibility index (Phi) is 6.93. The number of carbonyl (C=O) groups excluding carboxylic acids is 1. The van der Waals surface area contributed by atoms with E-state index in [0.717, 1.165) is 41.0 Å². The topological polar surface area (TPSA) is 118 Å². The van der Waals surface area contributed by atoms with E-state index in [-0.39, 0.29) is 23.8 Å². The largest absolute Gasteiger partial charge is 0.481 e. The number of benzene rings is 2. The molecule has 1 amide bonds. The standard InChI is InChI=1S/C28H29FN4O5/c1-16-3-9-20-22(32(16)28(36)37-2)10-11-23-26(20)31-25(14-17-4-12-24(38-15-30)21(29)13-17)33(23)19-7-5-18(6-8-19)27(34)35/h4,10-13,16,18-19H,3,5-9,14H2,1-2H3,(H,34,35)/t16-,18?,19?/m0/s1. The second-order valence-corrected chi connectivity index (χ2v) is 10.0. The molecule has 3 aromatic rings. The van der Waals surface area contributed by atoms with Crippen molar-refractivity contribution in [2.75, 3.05) is 12.0 Å². The van der Waals surface area contributed by atoms with Crippen molar-refractivity contribution < 1.29 is 28.6 Å². The van der Waals surface area contributed by atoms with Gasteiger partial charge in [-0.1, -0.05) is 6.07 Å². The third kappa shape index (κ3) is 4.53. The predicted molar refractivity (Wildman–Crippen MR) is 136 cm³/mol. The number of rotatable bonds is 5. The fraction of sp³-hybridized carbons (Fsp3) is 0.429. The molecule has 38 heavy (non-hydrogen) atoms. The van der Waals surface area contributed by atoms with E-state index in [4.69, 9.17) is 15.0 Å². The highest BCUT2D eigenvalue weighted by molar-refractivity contribution is 5.95. The van der Waals surface area contributed by atoms with Crippen molar-refractivity contribution in [3.8, 4) is 12.0 Å². The molecule has 1 saturated carbocycles. The van der Waals surface area contributed by atoms with E-state index in [1.54, 1.807) is 11.0 Å². The molecule has 198 valence electrons. The number of aromatic nitrogens is 2. The summed E-state index contributed by atoms with van der Waals surface area (Å²) in [6.45, 7) is 1.99. The Hall–Kier alpha value is -4.13. The van der Waals surface area contributed by atoms with Crippen molar-refractivity contribution in [1.29, 1.82) is 5.26 Å². The number of aryl methyl sites for hydroxylation is 1. The van der Waals surface area contributed by atoms with E-state index in [1.165, 1.54) is 25.5 Å². The van der Waals surface area contributed by atoms with Crippen LogP contribution in [-0.2, 0) is 22.4 Å². The molecule has 1 atom stereocenters. The van der Waals surface area contributed by atoms with Gasteiger partial charge in [0.2, 0.25) is 0 Å². The lowest BCUT2D eigenvalue weighted by Gasteiger charge is -2.34. The number of amides is 1. The molecule has 0 spiro atoms. The zero-order valence-electron chi connectivity index (χ0n) is 21.3. The lowest BCUT2D eigenvalue weighted by molar-refractivity contribution is -0.143. The Morgan fingerprint density at radius 3 is 2.61 bits per heavy atom. The number of methoxy groups -OCH3 is 1. The third-order valence-electron chi connectivity index (χ3n) is 7.82. The monoisotopic (exact) mass is 520 g/mol. The van der Waals surface area contributed by atoms with Crippen molar-refractivity contribution in [3.05, 3.63) is 53.1 Å². The number of ether oxygens (including phenoxy) is 2. The number of anilines is 1. The molecule has 2 aliphatic rings. The fourth-order valence-corrected chi connectivity index (χ4v) is 5.90. The number of imidazole rings is 1. The van der Waals surface area contributed by atoms with Gasteiger partial charge in [0.15, 0.2) is 11.6 Å². The van der Waals surface area contributed by atoms with Crippen LogP contribution >= 0.6 is 0 Å². The van der Waals surface area contributed by atoms with Gasteiger partial charge in [-0.2, -0.15) is 0 Å². The number of carboxylic acids is 1. The molecule has 0 saturated heterocycles.